The van der Waals surface area contributed by atoms with Crippen LogP contribution in [0.4, 0.5) is 0 Å². The lowest BCUT2D eigenvalue weighted by Crippen LogP contribution is -2.00. The maximum absolute atomic E-state index is 5.04. The second-order valence-corrected chi connectivity index (χ2v) is 17.5. The molecule has 0 atom stereocenters. The van der Waals surface area contributed by atoms with Crippen molar-refractivity contribution in [3.05, 3.63) is 261 Å². The molecule has 7 nitrogen and oxygen atoms in total. The molecule has 0 fully saturated rings. The second kappa shape index (κ2) is 18.8. The van der Waals surface area contributed by atoms with E-state index in [-0.39, 0.29) is 0 Å². The van der Waals surface area contributed by atoms with Crippen LogP contribution in [0.5, 0.6) is 0 Å². The number of benzene rings is 7. The molecule has 0 saturated carbocycles. The van der Waals surface area contributed by atoms with Gasteiger partial charge in [-0.2, -0.15) is 0 Å². The highest BCUT2D eigenvalue weighted by atomic mass is 15.1. The smallest absolute Gasteiger partial charge is 0.144 e. The monoisotopic (exact) mass is 911 g/mol. The first kappa shape index (κ1) is 42.7. The van der Waals surface area contributed by atoms with Gasteiger partial charge in [0.25, 0.3) is 0 Å². The van der Waals surface area contributed by atoms with Crippen molar-refractivity contribution >= 4 is 0 Å². The number of hydrogen-bond donors (Lipinski definition) is 0. The van der Waals surface area contributed by atoms with Gasteiger partial charge in [-0.1, -0.05) is 133 Å². The van der Waals surface area contributed by atoms with E-state index in [1.807, 2.05) is 79.8 Å². The number of rotatable bonds is 11. The van der Waals surface area contributed by atoms with Gasteiger partial charge in [-0.25, -0.2) is 9.97 Å². The molecular weight excluding hydrogens is 867 g/mol. The van der Waals surface area contributed by atoms with E-state index >= 15 is 0 Å². The van der Waals surface area contributed by atoms with Crippen LogP contribution >= 0.6 is 0 Å². The van der Waals surface area contributed by atoms with Gasteiger partial charge in [0.1, 0.15) is 11.6 Å². The van der Waals surface area contributed by atoms with Crippen molar-refractivity contribution in [2.24, 2.45) is 0 Å². The lowest BCUT2D eigenvalue weighted by Gasteiger charge is -2.18. The fourth-order valence-electron chi connectivity index (χ4n) is 9.40. The number of pyridine rings is 3. The Morgan fingerprint density at radius 1 is 0.282 bits per heavy atom. The van der Waals surface area contributed by atoms with Crippen LogP contribution in [0.2, 0.25) is 0 Å². The van der Waals surface area contributed by atoms with Gasteiger partial charge in [-0.05, 0) is 136 Å². The van der Waals surface area contributed by atoms with E-state index in [1.165, 1.54) is 11.1 Å². The maximum Gasteiger partial charge on any atom is 0.144 e. The van der Waals surface area contributed by atoms with Crippen molar-refractivity contribution in [1.82, 2.24) is 34.1 Å². The van der Waals surface area contributed by atoms with Gasteiger partial charge in [-0.3, -0.25) is 24.1 Å². The van der Waals surface area contributed by atoms with Crippen molar-refractivity contribution in [2.75, 3.05) is 0 Å². The zero-order valence-electron chi connectivity index (χ0n) is 38.9. The van der Waals surface area contributed by atoms with Crippen LogP contribution in [0.3, 0.4) is 0 Å². The summed E-state index contributed by atoms with van der Waals surface area (Å²) in [6, 6.07) is 74.7. The molecule has 0 amide bonds. The van der Waals surface area contributed by atoms with Gasteiger partial charge in [0.15, 0.2) is 0 Å². The molecule has 7 aromatic carbocycles. The van der Waals surface area contributed by atoms with Gasteiger partial charge in [0.2, 0.25) is 0 Å². The van der Waals surface area contributed by atoms with E-state index in [2.05, 4.69) is 202 Å². The van der Waals surface area contributed by atoms with Crippen LogP contribution < -0.4 is 0 Å². The van der Waals surface area contributed by atoms with Gasteiger partial charge in [0, 0.05) is 82.6 Å². The minimum absolute atomic E-state index is 0.808. The third-order valence-electron chi connectivity index (χ3n) is 13.0. The molecule has 5 aromatic heterocycles. The SMILES string of the molecule is Cc1ccc(-c2ccc(-c3ccccc3-c3cc(-c4nccn4-c4ccc(-c5ccccn5)cc4)cc(-c4nccn4-c4ccc(-c5ccccn5)cc4)c3)c(-c3ccc(-c4ccccc4)cc3)c2)nc1. The summed E-state index contributed by atoms with van der Waals surface area (Å²) in [6.45, 7) is 2.07. The highest BCUT2D eigenvalue weighted by Crippen LogP contribution is 2.43. The Kier molecular flexibility index (Phi) is 11.3. The molecule has 336 valence electrons. The third kappa shape index (κ3) is 8.64. The number of nitrogens with zero attached hydrogens (tertiary/aromatic N) is 7. The van der Waals surface area contributed by atoms with Crippen LogP contribution in [0.1, 0.15) is 5.56 Å². The van der Waals surface area contributed by atoms with E-state index < -0.39 is 0 Å². The van der Waals surface area contributed by atoms with Gasteiger partial charge >= 0.3 is 0 Å². The lowest BCUT2D eigenvalue weighted by atomic mass is 9.87. The molecule has 12 rings (SSSR count). The van der Waals surface area contributed by atoms with E-state index in [9.17, 15) is 0 Å². The molecule has 0 spiro atoms. The minimum Gasteiger partial charge on any atom is -0.300 e. The summed E-state index contributed by atoms with van der Waals surface area (Å²) in [6.07, 6.45) is 13.4. The number of aryl methyl sites for hydroxylation is 1. The summed E-state index contributed by atoms with van der Waals surface area (Å²) in [5, 5.41) is 0. The van der Waals surface area contributed by atoms with Crippen molar-refractivity contribution in [3.8, 4) is 112 Å². The highest BCUT2D eigenvalue weighted by Gasteiger charge is 2.20. The molecule has 71 heavy (non-hydrogen) atoms. The van der Waals surface area contributed by atoms with Gasteiger partial charge < -0.3 is 0 Å². The predicted molar refractivity (Wildman–Crippen MR) is 288 cm³/mol. The first-order valence-electron chi connectivity index (χ1n) is 23.7. The van der Waals surface area contributed by atoms with Crippen LogP contribution in [-0.2, 0) is 0 Å². The quantitative estimate of drug-likeness (QED) is 0.129. The van der Waals surface area contributed by atoms with Crippen molar-refractivity contribution < 1.29 is 0 Å². The van der Waals surface area contributed by atoms with Crippen molar-refractivity contribution in [2.45, 2.75) is 6.92 Å². The fraction of sp³-hybridized carbons (Fsp3) is 0.0156. The Hall–Kier alpha value is -9.59. The lowest BCUT2D eigenvalue weighted by molar-refractivity contribution is 1.06. The number of imidazole rings is 2. The summed E-state index contributed by atoms with van der Waals surface area (Å²) >= 11 is 0. The normalized spacial score (nSPS) is 11.2. The van der Waals surface area contributed by atoms with Crippen molar-refractivity contribution in [3.63, 3.8) is 0 Å². The molecule has 0 aliphatic carbocycles. The molecular formula is C64H45N7. The largest absolute Gasteiger partial charge is 0.300 e. The Morgan fingerprint density at radius 3 is 1.32 bits per heavy atom. The summed E-state index contributed by atoms with van der Waals surface area (Å²) in [7, 11) is 0. The Labute approximate surface area is 412 Å². The minimum atomic E-state index is 0.808. The molecule has 0 unspecified atom stereocenters. The average molecular weight is 912 g/mol. The Morgan fingerprint density at radius 2 is 0.761 bits per heavy atom. The van der Waals surface area contributed by atoms with E-state index in [1.54, 1.807) is 0 Å². The topological polar surface area (TPSA) is 74.3 Å². The van der Waals surface area contributed by atoms with E-state index in [0.29, 0.717) is 0 Å². The predicted octanol–water partition coefficient (Wildman–Crippen LogP) is 15.6. The maximum atomic E-state index is 5.04. The Bertz CT molecular complexity index is 3630. The van der Waals surface area contributed by atoms with Gasteiger partial charge in [-0.15, -0.1) is 0 Å². The van der Waals surface area contributed by atoms with Crippen LogP contribution in [0, 0.1) is 6.92 Å². The third-order valence-corrected chi connectivity index (χ3v) is 13.0. The molecule has 5 heterocycles. The van der Waals surface area contributed by atoms with Crippen LogP contribution in [0.15, 0.2) is 256 Å². The van der Waals surface area contributed by atoms with Crippen LogP contribution in [0.25, 0.3) is 112 Å². The zero-order chi connectivity index (χ0) is 47.5. The molecule has 12 aromatic rings. The molecule has 0 saturated heterocycles. The van der Waals surface area contributed by atoms with E-state index in [4.69, 9.17) is 15.0 Å². The summed E-state index contributed by atoms with van der Waals surface area (Å²) in [5.41, 5.74) is 19.8. The summed E-state index contributed by atoms with van der Waals surface area (Å²) in [5.74, 6) is 1.62. The Balaban J connectivity index is 1.01. The first-order valence-corrected chi connectivity index (χ1v) is 23.7. The molecule has 7 heteroatoms. The molecule has 0 aliphatic rings. The molecule has 0 bridgehead atoms. The molecule has 0 aliphatic heterocycles. The summed E-state index contributed by atoms with van der Waals surface area (Å²) in [4.78, 5) is 24.1. The van der Waals surface area contributed by atoms with Gasteiger partial charge in [0.05, 0.1) is 17.1 Å². The number of hydrogen-bond acceptors (Lipinski definition) is 5. The van der Waals surface area contributed by atoms with E-state index in [0.717, 1.165) is 107 Å². The molecule has 0 N–H and O–H groups in total. The second-order valence-electron chi connectivity index (χ2n) is 17.5. The standard InChI is InChI=1S/C64H45N7/c1-44-17-32-62(69-43-44)50-26-31-58(59(42-50)47-20-18-46(19-21-47)45-11-3-2-4-12-45)57-14-6-5-13-56(57)51-39-52(63-67-35-37-70(63)54-27-22-48(23-28-54)60-15-7-9-33-65-60)41-53(40-51)64-68-36-38-71(64)55-29-24-49(25-30-55)61-16-8-10-34-66-61/h2-43H,1H3. The number of aromatic nitrogens is 7. The summed E-state index contributed by atoms with van der Waals surface area (Å²) < 4.78 is 4.30. The highest BCUT2D eigenvalue weighted by molar-refractivity contribution is 5.95. The van der Waals surface area contributed by atoms with Crippen LogP contribution in [-0.4, -0.2) is 34.1 Å². The zero-order valence-corrected chi connectivity index (χ0v) is 38.9. The first-order chi connectivity index (χ1) is 35.1. The average Bonchev–Trinajstić information content (AvgIpc) is 4.16. The fourth-order valence-corrected chi connectivity index (χ4v) is 9.40. The van der Waals surface area contributed by atoms with Crippen molar-refractivity contribution in [1.29, 1.82) is 0 Å². The molecule has 0 radical (unpaired) electrons.